The molecular weight excluding hydrogens is 308 g/mol. The van der Waals surface area contributed by atoms with E-state index in [1.807, 2.05) is 34.8 Å². The normalized spacial score (nSPS) is 21.5. The Bertz CT molecular complexity index is 793. The molecule has 2 aromatic heterocycles. The van der Waals surface area contributed by atoms with E-state index in [1.165, 1.54) is 6.42 Å². The van der Waals surface area contributed by atoms with Gasteiger partial charge in [0.2, 0.25) is 4.96 Å². The fourth-order valence-corrected chi connectivity index (χ4v) is 3.95. The molecule has 0 amide bonds. The van der Waals surface area contributed by atoms with E-state index in [9.17, 15) is 0 Å². The highest BCUT2D eigenvalue weighted by Gasteiger charge is 2.28. The molecule has 4 rings (SSSR count). The average Bonchev–Trinajstić information content (AvgIpc) is 3.21. The van der Waals surface area contributed by atoms with Crippen molar-refractivity contribution in [1.29, 1.82) is 0 Å². The van der Waals surface area contributed by atoms with Gasteiger partial charge >= 0.3 is 0 Å². The summed E-state index contributed by atoms with van der Waals surface area (Å²) < 4.78 is 1.85. The van der Waals surface area contributed by atoms with Crippen molar-refractivity contribution in [3.63, 3.8) is 0 Å². The molecule has 1 aliphatic heterocycles. The second-order valence-electron chi connectivity index (χ2n) is 6.43. The van der Waals surface area contributed by atoms with Crippen molar-refractivity contribution >= 4 is 16.3 Å². The van der Waals surface area contributed by atoms with Crippen LogP contribution in [0.2, 0.25) is 0 Å². The zero-order valence-corrected chi connectivity index (χ0v) is 14.0. The van der Waals surface area contributed by atoms with Crippen LogP contribution in [-0.4, -0.2) is 25.9 Å². The smallest absolute Gasteiger partial charge is 0.235 e. The maximum Gasteiger partial charge on any atom is 0.235 e. The molecule has 3 aromatic rings. The maximum absolute atomic E-state index is 4.75. The Hall–Kier alpha value is -1.83. The van der Waals surface area contributed by atoms with Crippen LogP contribution in [0.5, 0.6) is 0 Å². The first-order valence-corrected chi connectivity index (χ1v) is 8.81. The van der Waals surface area contributed by atoms with Crippen LogP contribution < -0.4 is 10.9 Å². The van der Waals surface area contributed by atoms with Crippen molar-refractivity contribution in [2.24, 2.45) is 5.92 Å². The highest BCUT2D eigenvalue weighted by atomic mass is 32.1. The van der Waals surface area contributed by atoms with Crippen molar-refractivity contribution in [3.05, 3.63) is 35.3 Å². The first-order valence-electron chi connectivity index (χ1n) is 7.99. The largest absolute Gasteiger partial charge is 0.254 e. The summed E-state index contributed by atoms with van der Waals surface area (Å²) in [6, 6.07) is 10.8. The van der Waals surface area contributed by atoms with E-state index in [4.69, 9.17) is 5.10 Å². The standard InChI is InChI=1S/C16H20N6S/c1-10(2)8-12-9-13(18-17-12)15-21-22-14(19-20-16(22)23-15)11-6-4-3-5-7-11/h3-7,10,12-13,17-18H,8-9H2,1-2H3. The number of fused-ring (bicyclic) bond motifs is 1. The number of aromatic nitrogens is 4. The van der Waals surface area contributed by atoms with Crippen LogP contribution in [0.25, 0.3) is 16.3 Å². The summed E-state index contributed by atoms with van der Waals surface area (Å²) in [7, 11) is 0. The lowest BCUT2D eigenvalue weighted by atomic mass is 10.0. The monoisotopic (exact) mass is 328 g/mol. The third kappa shape index (κ3) is 2.87. The van der Waals surface area contributed by atoms with Crippen LogP contribution in [0.3, 0.4) is 0 Å². The number of nitrogens with one attached hydrogen (secondary N) is 2. The summed E-state index contributed by atoms with van der Waals surface area (Å²) in [4.78, 5) is 0.841. The van der Waals surface area contributed by atoms with Gasteiger partial charge in [-0.25, -0.2) is 5.43 Å². The van der Waals surface area contributed by atoms with Crippen LogP contribution in [0.15, 0.2) is 30.3 Å². The maximum atomic E-state index is 4.75. The Kier molecular flexibility index (Phi) is 3.84. The first kappa shape index (κ1) is 14.7. The molecule has 120 valence electrons. The molecule has 6 nitrogen and oxygen atoms in total. The van der Waals surface area contributed by atoms with Crippen molar-refractivity contribution in [1.82, 2.24) is 30.7 Å². The van der Waals surface area contributed by atoms with Crippen LogP contribution in [0.1, 0.15) is 37.7 Å². The quantitative estimate of drug-likeness (QED) is 0.771. The van der Waals surface area contributed by atoms with E-state index in [0.29, 0.717) is 12.0 Å². The molecule has 0 saturated carbocycles. The Labute approximate surface area is 138 Å². The summed E-state index contributed by atoms with van der Waals surface area (Å²) >= 11 is 1.61. The molecule has 0 aliphatic carbocycles. The Balaban J connectivity index is 1.60. The van der Waals surface area contributed by atoms with Crippen LogP contribution in [0, 0.1) is 5.92 Å². The molecule has 2 unspecified atom stereocenters. The SMILES string of the molecule is CC(C)CC1CC(c2nn3c(-c4ccccc4)nnc3s2)NN1. The van der Waals surface area contributed by atoms with Gasteiger partial charge in [0.15, 0.2) is 5.82 Å². The molecule has 23 heavy (non-hydrogen) atoms. The van der Waals surface area contributed by atoms with Crippen molar-refractivity contribution in [2.45, 2.75) is 38.8 Å². The zero-order valence-electron chi connectivity index (χ0n) is 13.2. The Morgan fingerprint density at radius 1 is 1.22 bits per heavy atom. The predicted octanol–water partition coefficient (Wildman–Crippen LogP) is 2.81. The van der Waals surface area contributed by atoms with E-state index in [-0.39, 0.29) is 6.04 Å². The number of hydrazine groups is 1. The van der Waals surface area contributed by atoms with Gasteiger partial charge in [-0.2, -0.15) is 9.61 Å². The predicted molar refractivity (Wildman–Crippen MR) is 91.0 cm³/mol. The van der Waals surface area contributed by atoms with E-state index >= 15 is 0 Å². The summed E-state index contributed by atoms with van der Waals surface area (Å²) in [5.74, 6) is 1.49. The zero-order chi connectivity index (χ0) is 15.8. The Morgan fingerprint density at radius 2 is 2.04 bits per heavy atom. The van der Waals surface area contributed by atoms with Gasteiger partial charge in [0, 0.05) is 11.6 Å². The lowest BCUT2D eigenvalue weighted by Crippen LogP contribution is -2.31. The molecule has 1 fully saturated rings. The van der Waals surface area contributed by atoms with E-state index in [1.54, 1.807) is 11.3 Å². The van der Waals surface area contributed by atoms with Gasteiger partial charge in [-0.3, -0.25) is 5.43 Å². The molecule has 1 saturated heterocycles. The van der Waals surface area contributed by atoms with Gasteiger partial charge in [-0.1, -0.05) is 55.5 Å². The van der Waals surface area contributed by atoms with Crippen LogP contribution in [0.4, 0.5) is 0 Å². The third-order valence-corrected chi connectivity index (χ3v) is 5.09. The van der Waals surface area contributed by atoms with Crippen molar-refractivity contribution in [2.75, 3.05) is 0 Å². The highest BCUT2D eigenvalue weighted by molar-refractivity contribution is 7.16. The lowest BCUT2D eigenvalue weighted by Gasteiger charge is -2.10. The number of benzene rings is 1. The first-order chi connectivity index (χ1) is 11.2. The molecule has 1 aliphatic rings. The molecule has 1 aromatic carbocycles. The summed E-state index contributed by atoms with van der Waals surface area (Å²) in [5.41, 5.74) is 7.80. The van der Waals surface area contributed by atoms with Crippen molar-refractivity contribution in [3.8, 4) is 11.4 Å². The van der Waals surface area contributed by atoms with Gasteiger partial charge in [0.05, 0.1) is 6.04 Å². The van der Waals surface area contributed by atoms with Gasteiger partial charge in [-0.05, 0) is 18.8 Å². The lowest BCUT2D eigenvalue weighted by molar-refractivity contribution is 0.446. The van der Waals surface area contributed by atoms with Gasteiger partial charge < -0.3 is 0 Å². The molecule has 0 bridgehead atoms. The topological polar surface area (TPSA) is 67.1 Å². The highest BCUT2D eigenvalue weighted by Crippen LogP contribution is 2.29. The second-order valence-corrected chi connectivity index (χ2v) is 7.42. The average molecular weight is 328 g/mol. The van der Waals surface area contributed by atoms with Gasteiger partial charge in [0.25, 0.3) is 0 Å². The Morgan fingerprint density at radius 3 is 2.83 bits per heavy atom. The molecule has 3 heterocycles. The van der Waals surface area contributed by atoms with Crippen LogP contribution in [-0.2, 0) is 0 Å². The summed E-state index contributed by atoms with van der Waals surface area (Å²) in [5, 5.41) is 14.4. The number of hydrogen-bond acceptors (Lipinski definition) is 6. The number of rotatable bonds is 4. The molecule has 2 N–H and O–H groups in total. The van der Waals surface area contributed by atoms with Crippen LogP contribution >= 0.6 is 11.3 Å². The van der Waals surface area contributed by atoms with E-state index in [2.05, 4.69) is 34.9 Å². The number of nitrogens with zero attached hydrogens (tertiary/aromatic N) is 4. The second kappa shape index (κ2) is 5.99. The van der Waals surface area contributed by atoms with Crippen molar-refractivity contribution < 1.29 is 0 Å². The summed E-state index contributed by atoms with van der Waals surface area (Å²) in [6.45, 7) is 4.51. The number of hydrogen-bond donors (Lipinski definition) is 2. The minimum atomic E-state index is 0.245. The minimum absolute atomic E-state index is 0.245. The van der Waals surface area contributed by atoms with E-state index < -0.39 is 0 Å². The third-order valence-electron chi connectivity index (χ3n) is 4.07. The molecular formula is C16H20N6S. The van der Waals surface area contributed by atoms with Gasteiger partial charge in [0.1, 0.15) is 5.01 Å². The fraction of sp³-hybridized carbons (Fsp3) is 0.438. The fourth-order valence-electron chi connectivity index (χ4n) is 3.05. The van der Waals surface area contributed by atoms with Gasteiger partial charge in [-0.15, -0.1) is 10.2 Å². The minimum Gasteiger partial charge on any atom is -0.254 e. The molecule has 0 radical (unpaired) electrons. The summed E-state index contributed by atoms with van der Waals surface area (Å²) in [6.07, 6.45) is 2.23. The molecule has 7 heteroatoms. The molecule has 2 atom stereocenters. The molecule has 0 spiro atoms. The van der Waals surface area contributed by atoms with E-state index in [0.717, 1.165) is 27.8 Å².